The molecule has 0 saturated carbocycles. The summed E-state index contributed by atoms with van der Waals surface area (Å²) in [6, 6.07) is 12.1. The Kier molecular flexibility index (Phi) is 5.42. The molecule has 3 heterocycles. The third-order valence-corrected chi connectivity index (χ3v) is 5.68. The van der Waals surface area contributed by atoms with Crippen molar-refractivity contribution >= 4 is 11.8 Å². The van der Waals surface area contributed by atoms with Crippen molar-refractivity contribution in [2.75, 3.05) is 0 Å². The van der Waals surface area contributed by atoms with E-state index in [1.807, 2.05) is 31.2 Å². The molecule has 0 aliphatic carbocycles. The fourth-order valence-electron chi connectivity index (χ4n) is 2.97. The number of pyridine rings is 1. The Hall–Kier alpha value is -3.00. The Labute approximate surface area is 180 Å². The maximum atomic E-state index is 5.54. The van der Waals surface area contributed by atoms with E-state index in [1.54, 1.807) is 12.4 Å². The number of para-hydroxylation sites is 1. The second kappa shape index (κ2) is 8.02. The van der Waals surface area contributed by atoms with Crippen molar-refractivity contribution in [2.45, 2.75) is 50.4 Å². The van der Waals surface area contributed by atoms with Crippen LogP contribution in [0.1, 0.15) is 50.2 Å². The van der Waals surface area contributed by atoms with Crippen LogP contribution in [0, 0.1) is 6.92 Å². The molecule has 30 heavy (non-hydrogen) atoms. The first-order chi connectivity index (χ1) is 14.3. The van der Waals surface area contributed by atoms with Gasteiger partial charge in [0, 0.05) is 23.4 Å². The first kappa shape index (κ1) is 20.3. The molecule has 4 rings (SSSR count). The smallest absolute Gasteiger partial charge is 0.239 e. The summed E-state index contributed by atoms with van der Waals surface area (Å²) >= 11 is 1.54. The molecule has 4 aromatic rings. The third-order valence-electron chi connectivity index (χ3n) is 4.65. The van der Waals surface area contributed by atoms with E-state index in [9.17, 15) is 0 Å². The molecular formula is C22H24N6OS. The third kappa shape index (κ3) is 4.00. The molecule has 154 valence electrons. The second-order valence-corrected chi connectivity index (χ2v) is 9.44. The highest BCUT2D eigenvalue weighted by Crippen LogP contribution is 2.37. The fraction of sp³-hybridized carbons (Fsp3) is 0.318. The average Bonchev–Trinajstić information content (AvgIpc) is 3.37. The SMILES string of the molecule is Cc1ccccc1-n1c(SC(C)c2nc(C(C)(C)C)no2)nnc1-c1cccnc1. The lowest BCUT2D eigenvalue weighted by Crippen LogP contribution is -2.13. The highest BCUT2D eigenvalue weighted by molar-refractivity contribution is 7.99. The van der Waals surface area contributed by atoms with Gasteiger partial charge in [0.15, 0.2) is 16.8 Å². The van der Waals surface area contributed by atoms with E-state index in [0.717, 1.165) is 27.8 Å². The molecule has 0 fully saturated rings. The monoisotopic (exact) mass is 420 g/mol. The minimum Gasteiger partial charge on any atom is -0.338 e. The summed E-state index contributed by atoms with van der Waals surface area (Å²) < 4.78 is 7.60. The molecule has 0 saturated heterocycles. The van der Waals surface area contributed by atoms with Crippen molar-refractivity contribution in [3.63, 3.8) is 0 Å². The van der Waals surface area contributed by atoms with Crippen molar-refractivity contribution in [3.05, 3.63) is 66.1 Å². The largest absolute Gasteiger partial charge is 0.338 e. The van der Waals surface area contributed by atoms with Crippen LogP contribution in [0.3, 0.4) is 0 Å². The van der Waals surface area contributed by atoms with Crippen LogP contribution < -0.4 is 0 Å². The van der Waals surface area contributed by atoms with Gasteiger partial charge in [0.1, 0.15) is 0 Å². The summed E-state index contributed by atoms with van der Waals surface area (Å²) in [4.78, 5) is 8.84. The van der Waals surface area contributed by atoms with E-state index in [1.165, 1.54) is 11.8 Å². The van der Waals surface area contributed by atoms with E-state index < -0.39 is 0 Å². The van der Waals surface area contributed by atoms with E-state index in [0.29, 0.717) is 11.7 Å². The lowest BCUT2D eigenvalue weighted by atomic mass is 9.96. The number of aryl methyl sites for hydroxylation is 1. The zero-order valence-corrected chi connectivity index (χ0v) is 18.5. The van der Waals surface area contributed by atoms with Crippen molar-refractivity contribution < 1.29 is 4.52 Å². The molecule has 1 aromatic carbocycles. The van der Waals surface area contributed by atoms with Gasteiger partial charge >= 0.3 is 0 Å². The maximum absolute atomic E-state index is 5.54. The van der Waals surface area contributed by atoms with Gasteiger partial charge in [-0.05, 0) is 37.6 Å². The molecule has 0 spiro atoms. The summed E-state index contributed by atoms with van der Waals surface area (Å²) in [5, 5.41) is 13.8. The van der Waals surface area contributed by atoms with Crippen LogP contribution in [-0.4, -0.2) is 29.9 Å². The van der Waals surface area contributed by atoms with Gasteiger partial charge in [0.2, 0.25) is 5.89 Å². The molecule has 3 aromatic heterocycles. The number of thioether (sulfide) groups is 1. The quantitative estimate of drug-likeness (QED) is 0.412. The molecule has 0 aliphatic heterocycles. The number of aromatic nitrogens is 6. The lowest BCUT2D eigenvalue weighted by molar-refractivity contribution is 0.364. The van der Waals surface area contributed by atoms with Gasteiger partial charge < -0.3 is 4.52 Å². The standard InChI is InChI=1S/C22H24N6OS/c1-14-9-6-7-11-17(14)28-18(16-10-8-12-23-13-16)25-26-21(28)30-15(2)19-24-20(27-29-19)22(3,4)5/h6-13,15H,1-5H3. The van der Waals surface area contributed by atoms with Gasteiger partial charge in [-0.25, -0.2) is 0 Å². The molecule has 1 unspecified atom stereocenters. The van der Waals surface area contributed by atoms with Crippen LogP contribution in [0.5, 0.6) is 0 Å². The molecule has 0 aliphatic rings. The van der Waals surface area contributed by atoms with Crippen molar-refractivity contribution in [2.24, 2.45) is 0 Å². The Bertz CT molecular complexity index is 1150. The van der Waals surface area contributed by atoms with Crippen molar-refractivity contribution in [1.29, 1.82) is 0 Å². The van der Waals surface area contributed by atoms with Crippen LogP contribution in [0.25, 0.3) is 17.1 Å². The van der Waals surface area contributed by atoms with Gasteiger partial charge in [0.25, 0.3) is 0 Å². The van der Waals surface area contributed by atoms with Crippen LogP contribution in [0.4, 0.5) is 0 Å². The van der Waals surface area contributed by atoms with Crippen molar-refractivity contribution in [3.8, 4) is 17.1 Å². The zero-order valence-electron chi connectivity index (χ0n) is 17.7. The molecule has 7 nitrogen and oxygen atoms in total. The normalized spacial score (nSPS) is 12.8. The Morgan fingerprint density at radius 3 is 2.53 bits per heavy atom. The second-order valence-electron chi connectivity index (χ2n) is 8.14. The molecular weight excluding hydrogens is 396 g/mol. The first-order valence-electron chi connectivity index (χ1n) is 9.77. The predicted octanol–water partition coefficient (Wildman–Crippen LogP) is 5.17. The number of benzene rings is 1. The predicted molar refractivity (Wildman–Crippen MR) is 117 cm³/mol. The number of hydrogen-bond donors (Lipinski definition) is 0. The first-order valence-corrected chi connectivity index (χ1v) is 10.6. The highest BCUT2D eigenvalue weighted by atomic mass is 32.2. The van der Waals surface area contributed by atoms with E-state index >= 15 is 0 Å². The van der Waals surface area contributed by atoms with E-state index in [-0.39, 0.29) is 10.7 Å². The van der Waals surface area contributed by atoms with E-state index in [2.05, 4.69) is 69.7 Å². The molecule has 8 heteroatoms. The summed E-state index contributed by atoms with van der Waals surface area (Å²) in [5.41, 5.74) is 2.89. The Morgan fingerprint density at radius 2 is 1.87 bits per heavy atom. The number of rotatable bonds is 5. The van der Waals surface area contributed by atoms with Gasteiger partial charge in [-0.15, -0.1) is 10.2 Å². The summed E-state index contributed by atoms with van der Waals surface area (Å²) in [6.07, 6.45) is 3.54. The highest BCUT2D eigenvalue weighted by Gasteiger charge is 2.26. The fourth-order valence-corrected chi connectivity index (χ4v) is 3.86. The maximum Gasteiger partial charge on any atom is 0.239 e. The van der Waals surface area contributed by atoms with Gasteiger partial charge in [0.05, 0.1) is 10.9 Å². The van der Waals surface area contributed by atoms with E-state index in [4.69, 9.17) is 4.52 Å². The average molecular weight is 421 g/mol. The molecule has 0 bridgehead atoms. The van der Waals surface area contributed by atoms with Gasteiger partial charge in [-0.2, -0.15) is 4.98 Å². The van der Waals surface area contributed by atoms with Gasteiger partial charge in [-0.3, -0.25) is 9.55 Å². The number of nitrogens with zero attached hydrogens (tertiary/aromatic N) is 6. The van der Waals surface area contributed by atoms with Crippen molar-refractivity contribution in [1.82, 2.24) is 29.9 Å². The van der Waals surface area contributed by atoms with Crippen LogP contribution in [0.15, 0.2) is 58.5 Å². The minimum atomic E-state index is -0.166. The molecule has 0 amide bonds. The zero-order chi connectivity index (χ0) is 21.3. The van der Waals surface area contributed by atoms with Crippen LogP contribution >= 0.6 is 11.8 Å². The summed E-state index contributed by atoms with van der Waals surface area (Å²) in [6.45, 7) is 10.3. The minimum absolute atomic E-state index is 0.0812. The van der Waals surface area contributed by atoms with Crippen LogP contribution in [0.2, 0.25) is 0 Å². The molecule has 0 N–H and O–H groups in total. The lowest BCUT2D eigenvalue weighted by Gasteiger charge is -2.14. The summed E-state index contributed by atoms with van der Waals surface area (Å²) in [7, 11) is 0. The molecule has 0 radical (unpaired) electrons. The summed E-state index contributed by atoms with van der Waals surface area (Å²) in [5.74, 6) is 2.02. The Balaban J connectivity index is 1.74. The Morgan fingerprint density at radius 1 is 1.07 bits per heavy atom. The molecule has 1 atom stereocenters. The topological polar surface area (TPSA) is 82.5 Å². The van der Waals surface area contributed by atoms with Crippen LogP contribution in [-0.2, 0) is 5.41 Å². The number of hydrogen-bond acceptors (Lipinski definition) is 7. The van der Waals surface area contributed by atoms with Gasteiger partial charge in [-0.1, -0.05) is 55.9 Å².